The molecule has 1 saturated heterocycles. The van der Waals surface area contributed by atoms with E-state index in [-0.39, 0.29) is 0 Å². The fourth-order valence-corrected chi connectivity index (χ4v) is 1.68. The van der Waals surface area contributed by atoms with Crippen LogP contribution in [0.4, 0.5) is 0 Å². The maximum atomic E-state index is 4.36. The number of piperidine rings is 1. The standard InChI is InChI=1S/C8H13N2/c1-2-7-3-5-9-6-8(7)10-4-1/h2,8,10H,1,3-6H2. The Balaban J connectivity index is 2.08. The van der Waals surface area contributed by atoms with Gasteiger partial charge < -0.3 is 5.32 Å². The Kier molecular flexibility index (Phi) is 1.74. The minimum atomic E-state index is 0.600. The maximum absolute atomic E-state index is 4.36. The van der Waals surface area contributed by atoms with Crippen LogP contribution >= 0.6 is 0 Å². The molecule has 10 heavy (non-hydrogen) atoms. The molecule has 2 nitrogen and oxygen atoms in total. The maximum Gasteiger partial charge on any atom is 0.0423 e. The lowest BCUT2D eigenvalue weighted by molar-refractivity contribution is 0.449. The molecule has 2 heterocycles. The van der Waals surface area contributed by atoms with Gasteiger partial charge in [0.25, 0.3) is 0 Å². The first-order valence-electron chi connectivity index (χ1n) is 4.02. The van der Waals surface area contributed by atoms with Crippen molar-refractivity contribution in [1.82, 2.24) is 10.6 Å². The van der Waals surface area contributed by atoms with Crippen molar-refractivity contribution in [2.24, 2.45) is 0 Å². The molecule has 0 bridgehead atoms. The third-order valence-electron chi connectivity index (χ3n) is 2.26. The third-order valence-corrected chi connectivity index (χ3v) is 2.26. The van der Waals surface area contributed by atoms with Gasteiger partial charge in [0.2, 0.25) is 0 Å². The van der Waals surface area contributed by atoms with Crippen LogP contribution in [0.2, 0.25) is 0 Å². The highest BCUT2D eigenvalue weighted by molar-refractivity contribution is 5.17. The first-order chi connectivity index (χ1) is 4.97. The highest BCUT2D eigenvalue weighted by Gasteiger charge is 2.19. The molecule has 1 fully saturated rings. The lowest BCUT2D eigenvalue weighted by atomic mass is 9.96. The second kappa shape index (κ2) is 2.72. The summed E-state index contributed by atoms with van der Waals surface area (Å²) in [5.41, 5.74) is 1.60. The Labute approximate surface area is 61.7 Å². The summed E-state index contributed by atoms with van der Waals surface area (Å²) in [5, 5.41) is 7.82. The molecule has 0 aromatic carbocycles. The second-order valence-corrected chi connectivity index (χ2v) is 2.95. The Morgan fingerprint density at radius 1 is 1.60 bits per heavy atom. The predicted octanol–water partition coefficient (Wildman–Crippen LogP) is 0.283. The fraction of sp³-hybridized carbons (Fsp3) is 0.750. The Hall–Kier alpha value is -0.340. The van der Waals surface area contributed by atoms with Crippen molar-refractivity contribution in [3.05, 3.63) is 11.6 Å². The molecule has 0 aromatic heterocycles. The third kappa shape index (κ3) is 1.09. The molecule has 0 aliphatic carbocycles. The predicted molar refractivity (Wildman–Crippen MR) is 41.0 cm³/mol. The van der Waals surface area contributed by atoms with Crippen LogP contribution in [0.5, 0.6) is 0 Å². The van der Waals surface area contributed by atoms with Gasteiger partial charge in [0.1, 0.15) is 0 Å². The van der Waals surface area contributed by atoms with E-state index in [2.05, 4.69) is 16.7 Å². The molecule has 55 valence electrons. The summed E-state index contributed by atoms with van der Waals surface area (Å²) < 4.78 is 0. The lowest BCUT2D eigenvalue weighted by Gasteiger charge is -2.29. The van der Waals surface area contributed by atoms with Gasteiger partial charge in [-0.15, -0.1) is 0 Å². The van der Waals surface area contributed by atoms with Crippen LogP contribution in [0.15, 0.2) is 11.6 Å². The van der Waals surface area contributed by atoms with Crippen LogP contribution in [-0.4, -0.2) is 25.7 Å². The molecular weight excluding hydrogens is 124 g/mol. The quantitative estimate of drug-likeness (QED) is 0.477. The summed E-state index contributed by atoms with van der Waals surface area (Å²) in [6.45, 7) is 3.19. The van der Waals surface area contributed by atoms with Crippen LogP contribution in [0, 0.1) is 0 Å². The van der Waals surface area contributed by atoms with Crippen LogP contribution in [0.25, 0.3) is 0 Å². The largest absolute Gasteiger partial charge is 0.309 e. The summed E-state index contributed by atoms with van der Waals surface area (Å²) in [6, 6.07) is 0.600. The molecule has 1 radical (unpaired) electrons. The zero-order chi connectivity index (χ0) is 6.81. The minimum Gasteiger partial charge on any atom is -0.309 e. The van der Waals surface area contributed by atoms with Crippen molar-refractivity contribution in [3.8, 4) is 0 Å². The Morgan fingerprint density at radius 3 is 3.50 bits per heavy atom. The summed E-state index contributed by atoms with van der Waals surface area (Å²) in [4.78, 5) is 0. The zero-order valence-corrected chi connectivity index (χ0v) is 6.14. The van der Waals surface area contributed by atoms with E-state index in [1.54, 1.807) is 5.57 Å². The van der Waals surface area contributed by atoms with Gasteiger partial charge in [-0.25, -0.2) is 5.32 Å². The van der Waals surface area contributed by atoms with Crippen LogP contribution in [0.3, 0.4) is 0 Å². The summed E-state index contributed by atoms with van der Waals surface area (Å²) in [6.07, 6.45) is 4.79. The zero-order valence-electron chi connectivity index (χ0n) is 6.14. The smallest absolute Gasteiger partial charge is 0.0423 e. The molecule has 2 rings (SSSR count). The van der Waals surface area contributed by atoms with Crippen LogP contribution < -0.4 is 10.6 Å². The molecule has 0 amide bonds. The Morgan fingerprint density at radius 2 is 2.60 bits per heavy atom. The molecule has 0 spiro atoms. The van der Waals surface area contributed by atoms with Crippen LogP contribution in [0.1, 0.15) is 12.8 Å². The van der Waals surface area contributed by atoms with Gasteiger partial charge >= 0.3 is 0 Å². The number of hydrogen-bond donors (Lipinski definition) is 1. The van der Waals surface area contributed by atoms with Crippen molar-refractivity contribution in [3.63, 3.8) is 0 Å². The van der Waals surface area contributed by atoms with Crippen LogP contribution in [-0.2, 0) is 0 Å². The second-order valence-electron chi connectivity index (χ2n) is 2.95. The molecule has 2 aliphatic rings. The molecule has 1 atom stereocenters. The van der Waals surface area contributed by atoms with Gasteiger partial charge in [0, 0.05) is 19.1 Å². The van der Waals surface area contributed by atoms with Crippen molar-refractivity contribution in [1.29, 1.82) is 0 Å². The van der Waals surface area contributed by atoms with Gasteiger partial charge in [-0.2, -0.15) is 0 Å². The Bertz CT molecular complexity index is 151. The van der Waals surface area contributed by atoms with E-state index in [0.717, 1.165) is 19.6 Å². The monoisotopic (exact) mass is 137 g/mol. The van der Waals surface area contributed by atoms with E-state index in [1.807, 2.05) is 0 Å². The van der Waals surface area contributed by atoms with Gasteiger partial charge in [0.05, 0.1) is 0 Å². The van der Waals surface area contributed by atoms with Crippen molar-refractivity contribution in [2.45, 2.75) is 18.9 Å². The van der Waals surface area contributed by atoms with E-state index in [4.69, 9.17) is 0 Å². The average molecular weight is 137 g/mol. The number of nitrogens with zero attached hydrogens (tertiary/aromatic N) is 1. The van der Waals surface area contributed by atoms with E-state index < -0.39 is 0 Å². The fourth-order valence-electron chi connectivity index (χ4n) is 1.68. The molecule has 0 saturated carbocycles. The van der Waals surface area contributed by atoms with Crippen molar-refractivity contribution in [2.75, 3.05) is 19.6 Å². The summed E-state index contributed by atoms with van der Waals surface area (Å²) in [7, 11) is 0. The van der Waals surface area contributed by atoms with E-state index in [1.165, 1.54) is 12.8 Å². The molecular formula is C8H13N2. The number of rotatable bonds is 0. The highest BCUT2D eigenvalue weighted by Crippen LogP contribution is 2.15. The lowest BCUT2D eigenvalue weighted by Crippen LogP contribution is -2.44. The van der Waals surface area contributed by atoms with Crippen molar-refractivity contribution >= 4 is 0 Å². The number of fused-ring (bicyclic) bond motifs is 1. The average Bonchev–Trinajstić information content (AvgIpc) is 2.05. The van der Waals surface area contributed by atoms with Gasteiger partial charge in [-0.05, 0) is 19.4 Å². The molecule has 2 aliphatic heterocycles. The van der Waals surface area contributed by atoms with E-state index >= 15 is 0 Å². The molecule has 1 unspecified atom stereocenters. The normalized spacial score (nSPS) is 32.8. The highest BCUT2D eigenvalue weighted by atomic mass is 15.0. The number of nitrogens with one attached hydrogen (secondary N) is 1. The van der Waals surface area contributed by atoms with Crippen molar-refractivity contribution < 1.29 is 0 Å². The summed E-state index contributed by atoms with van der Waals surface area (Å²) >= 11 is 0. The first kappa shape index (κ1) is 6.38. The molecule has 0 aromatic rings. The minimum absolute atomic E-state index is 0.600. The molecule has 1 N–H and O–H groups in total. The van der Waals surface area contributed by atoms with E-state index in [9.17, 15) is 0 Å². The van der Waals surface area contributed by atoms with Gasteiger partial charge in [0.15, 0.2) is 0 Å². The summed E-state index contributed by atoms with van der Waals surface area (Å²) in [5.74, 6) is 0. The topological polar surface area (TPSA) is 26.1 Å². The van der Waals surface area contributed by atoms with Gasteiger partial charge in [-0.1, -0.05) is 11.6 Å². The SMILES string of the molecule is C1=C2CC[N]CC2NCC1. The first-order valence-corrected chi connectivity index (χ1v) is 4.02. The van der Waals surface area contributed by atoms with Gasteiger partial charge in [-0.3, -0.25) is 0 Å². The molecule has 2 heteroatoms. The number of hydrogen-bond acceptors (Lipinski definition) is 1. The van der Waals surface area contributed by atoms with E-state index in [0.29, 0.717) is 6.04 Å².